The predicted octanol–water partition coefficient (Wildman–Crippen LogP) is 3.33. The normalized spacial score (nSPS) is 23.1. The van der Waals surface area contributed by atoms with Crippen LogP contribution in [-0.4, -0.2) is 96.6 Å². The van der Waals surface area contributed by atoms with Crippen LogP contribution in [0.5, 0.6) is 0 Å². The van der Waals surface area contributed by atoms with Crippen LogP contribution in [0.1, 0.15) is 50.8 Å². The molecular formula is C28H38F2N8O3S. The molecule has 1 aliphatic carbocycles. The zero-order chi connectivity index (χ0) is 29.3. The van der Waals surface area contributed by atoms with Gasteiger partial charge in [-0.05, 0) is 70.8 Å². The monoisotopic (exact) mass is 604 g/mol. The Morgan fingerprint density at radius 3 is 2.29 bits per heavy atom. The number of morpholine rings is 1. The Bertz CT molecular complexity index is 1480. The number of rotatable bonds is 8. The van der Waals surface area contributed by atoms with E-state index in [9.17, 15) is 17.2 Å². The van der Waals surface area contributed by atoms with Crippen LogP contribution in [0, 0.1) is 0 Å². The molecule has 3 fully saturated rings. The van der Waals surface area contributed by atoms with E-state index < -0.39 is 16.4 Å². The lowest BCUT2D eigenvalue weighted by Crippen LogP contribution is -2.47. The van der Waals surface area contributed by atoms with Crippen molar-refractivity contribution in [2.24, 2.45) is 0 Å². The molecule has 0 radical (unpaired) electrons. The van der Waals surface area contributed by atoms with Crippen molar-refractivity contribution in [1.82, 2.24) is 29.1 Å². The number of imidazole rings is 1. The zero-order valence-electron chi connectivity index (χ0n) is 23.8. The van der Waals surface area contributed by atoms with Gasteiger partial charge in [0.25, 0.3) is 6.43 Å². The number of ether oxygens (including phenoxy) is 1. The summed E-state index contributed by atoms with van der Waals surface area (Å²) in [7, 11) is -1.35. The van der Waals surface area contributed by atoms with Gasteiger partial charge < -0.3 is 19.9 Å². The topological polar surface area (TPSA) is 118 Å². The number of fused-ring (bicyclic) bond motifs is 1. The maximum Gasteiger partial charge on any atom is 0.296 e. The van der Waals surface area contributed by atoms with Gasteiger partial charge in [-0.25, -0.2) is 26.9 Å². The highest BCUT2D eigenvalue weighted by atomic mass is 32.2. The van der Waals surface area contributed by atoms with Crippen molar-refractivity contribution < 1.29 is 21.9 Å². The molecule has 2 aromatic heterocycles. The number of sulfonamides is 1. The number of hydrogen-bond acceptors (Lipinski definition) is 9. The molecule has 2 saturated heterocycles. The molecular weight excluding hydrogens is 566 g/mol. The van der Waals surface area contributed by atoms with Gasteiger partial charge in [0, 0.05) is 31.2 Å². The number of para-hydroxylation sites is 2. The third-order valence-electron chi connectivity index (χ3n) is 8.54. The molecule has 2 N–H and O–H groups in total. The molecule has 0 bridgehead atoms. The van der Waals surface area contributed by atoms with Crippen LogP contribution in [0.25, 0.3) is 16.9 Å². The number of likely N-dealkylation sites (tertiary alicyclic amines) is 1. The molecule has 0 atom stereocenters. The first-order valence-corrected chi connectivity index (χ1v) is 16.3. The van der Waals surface area contributed by atoms with E-state index in [1.54, 1.807) is 30.3 Å². The Hall–Kier alpha value is -2.94. The number of hydrogen-bond donors (Lipinski definition) is 2. The second kappa shape index (κ2) is 12.3. The average molecular weight is 605 g/mol. The first kappa shape index (κ1) is 29.1. The van der Waals surface area contributed by atoms with Crippen LogP contribution in [0.15, 0.2) is 30.3 Å². The standard InChI is InChI=1S/C28H38F2N8O3S/c1-36-12-10-21(11-13-36)42(39,40)35-20-8-6-19(7-9-20)31-28-33-24(37-14-16-41-17-15-37)18-25(34-28)38-23-5-3-2-4-22(23)32-27(38)26(29)30/h2-5,18-21,26,35H,6-17H2,1H3,(H,31,33,34)/t19-,20-. The summed E-state index contributed by atoms with van der Waals surface area (Å²) in [5.41, 5.74) is 1.01. The molecule has 0 unspecified atom stereocenters. The Kier molecular flexibility index (Phi) is 8.57. The Morgan fingerprint density at radius 1 is 0.905 bits per heavy atom. The number of nitrogens with one attached hydrogen (secondary N) is 2. The molecule has 0 spiro atoms. The van der Waals surface area contributed by atoms with E-state index in [4.69, 9.17) is 14.7 Å². The van der Waals surface area contributed by atoms with Crippen molar-refractivity contribution in [3.05, 3.63) is 36.2 Å². The fraction of sp³-hybridized carbons (Fsp3) is 0.607. The summed E-state index contributed by atoms with van der Waals surface area (Å²) in [6.45, 7) is 3.95. The van der Waals surface area contributed by atoms with Crippen LogP contribution in [0.4, 0.5) is 20.5 Å². The fourth-order valence-electron chi connectivity index (χ4n) is 6.15. The lowest BCUT2D eigenvalue weighted by molar-refractivity contribution is 0.122. The molecule has 11 nitrogen and oxygen atoms in total. The van der Waals surface area contributed by atoms with Crippen molar-refractivity contribution in [1.29, 1.82) is 0 Å². The highest BCUT2D eigenvalue weighted by Crippen LogP contribution is 2.30. The molecule has 42 heavy (non-hydrogen) atoms. The second-order valence-electron chi connectivity index (χ2n) is 11.5. The van der Waals surface area contributed by atoms with Crippen molar-refractivity contribution in [2.45, 2.75) is 62.3 Å². The van der Waals surface area contributed by atoms with Crippen molar-refractivity contribution in [3.63, 3.8) is 0 Å². The Labute approximate surface area is 244 Å². The van der Waals surface area contributed by atoms with Gasteiger partial charge in [-0.15, -0.1) is 0 Å². The van der Waals surface area contributed by atoms with Crippen LogP contribution < -0.4 is 14.9 Å². The maximum atomic E-state index is 14.1. The summed E-state index contributed by atoms with van der Waals surface area (Å²) in [4.78, 5) is 17.9. The minimum atomic E-state index is -3.37. The molecule has 3 aromatic rings. The van der Waals surface area contributed by atoms with Crippen molar-refractivity contribution >= 4 is 32.8 Å². The van der Waals surface area contributed by atoms with Crippen molar-refractivity contribution in [3.8, 4) is 5.82 Å². The molecule has 228 valence electrons. The number of alkyl halides is 2. The molecule has 1 aromatic carbocycles. The molecule has 0 amide bonds. The molecule has 6 rings (SSSR count). The highest BCUT2D eigenvalue weighted by molar-refractivity contribution is 7.90. The van der Waals surface area contributed by atoms with E-state index in [0.29, 0.717) is 80.6 Å². The highest BCUT2D eigenvalue weighted by Gasteiger charge is 2.33. The van der Waals surface area contributed by atoms with E-state index in [1.165, 1.54) is 4.57 Å². The summed E-state index contributed by atoms with van der Waals surface area (Å²) in [6.07, 6.45) is 1.38. The van der Waals surface area contributed by atoms with Gasteiger partial charge in [0.05, 0.1) is 29.5 Å². The fourth-order valence-corrected chi connectivity index (χ4v) is 7.87. The number of aromatic nitrogens is 4. The Balaban J connectivity index is 1.21. The Morgan fingerprint density at radius 2 is 1.57 bits per heavy atom. The van der Waals surface area contributed by atoms with E-state index in [1.807, 2.05) is 7.05 Å². The van der Waals surface area contributed by atoms with Crippen LogP contribution in [0.2, 0.25) is 0 Å². The van der Waals surface area contributed by atoms with Gasteiger partial charge in [0.1, 0.15) is 11.6 Å². The molecule has 14 heteroatoms. The number of anilines is 2. The predicted molar refractivity (Wildman–Crippen MR) is 157 cm³/mol. The van der Waals surface area contributed by atoms with Gasteiger partial charge in [-0.3, -0.25) is 4.57 Å². The molecule has 4 heterocycles. The third kappa shape index (κ3) is 6.36. The number of benzene rings is 1. The van der Waals surface area contributed by atoms with E-state index in [0.717, 1.165) is 25.9 Å². The average Bonchev–Trinajstić information content (AvgIpc) is 3.39. The van der Waals surface area contributed by atoms with Gasteiger partial charge in [-0.1, -0.05) is 12.1 Å². The minimum Gasteiger partial charge on any atom is -0.378 e. The van der Waals surface area contributed by atoms with Gasteiger partial charge >= 0.3 is 0 Å². The molecule has 1 saturated carbocycles. The lowest BCUT2D eigenvalue weighted by Gasteiger charge is -2.33. The largest absolute Gasteiger partial charge is 0.378 e. The van der Waals surface area contributed by atoms with Gasteiger partial charge in [0.15, 0.2) is 5.82 Å². The van der Waals surface area contributed by atoms with E-state index >= 15 is 0 Å². The summed E-state index contributed by atoms with van der Waals surface area (Å²) < 4.78 is 64.2. The quantitative estimate of drug-likeness (QED) is 0.399. The van der Waals surface area contributed by atoms with E-state index in [2.05, 4.69) is 24.8 Å². The van der Waals surface area contributed by atoms with Crippen LogP contribution >= 0.6 is 0 Å². The summed E-state index contributed by atoms with van der Waals surface area (Å²) in [6, 6.07) is 8.67. The van der Waals surface area contributed by atoms with Crippen LogP contribution in [0.3, 0.4) is 0 Å². The van der Waals surface area contributed by atoms with Gasteiger partial charge in [-0.2, -0.15) is 9.97 Å². The minimum absolute atomic E-state index is 0.0240. The zero-order valence-corrected chi connectivity index (χ0v) is 24.6. The first-order chi connectivity index (χ1) is 20.3. The summed E-state index contributed by atoms with van der Waals surface area (Å²) >= 11 is 0. The SMILES string of the molecule is CN1CCC(S(=O)(=O)N[C@H]2CC[C@H](Nc3nc(N4CCOCC4)cc(-n4c(C(F)F)nc5ccccc54)n3)CC2)CC1. The molecule has 3 aliphatic rings. The van der Waals surface area contributed by atoms with Crippen LogP contribution in [-0.2, 0) is 14.8 Å². The van der Waals surface area contributed by atoms with Crippen molar-refractivity contribution in [2.75, 3.05) is 56.7 Å². The second-order valence-corrected chi connectivity index (χ2v) is 13.5. The van der Waals surface area contributed by atoms with Gasteiger partial charge in [0.2, 0.25) is 16.0 Å². The number of halogens is 2. The molecule has 2 aliphatic heterocycles. The number of piperidine rings is 1. The lowest BCUT2D eigenvalue weighted by atomic mass is 9.92. The number of nitrogens with zero attached hydrogens (tertiary/aromatic N) is 6. The summed E-state index contributed by atoms with van der Waals surface area (Å²) in [5, 5.41) is 3.09. The maximum absolute atomic E-state index is 14.1. The third-order valence-corrected chi connectivity index (χ3v) is 10.6. The smallest absolute Gasteiger partial charge is 0.296 e. The summed E-state index contributed by atoms with van der Waals surface area (Å²) in [5.74, 6) is 0.925. The van der Waals surface area contributed by atoms with E-state index in [-0.39, 0.29) is 23.2 Å². The first-order valence-electron chi connectivity index (χ1n) is 14.7.